The topological polar surface area (TPSA) is 107 Å². The van der Waals surface area contributed by atoms with E-state index in [1.807, 2.05) is 0 Å². The molecule has 1 aromatic carbocycles. The Morgan fingerprint density at radius 2 is 1.71 bits per heavy atom. The van der Waals surface area contributed by atoms with Gasteiger partial charge in [0.05, 0.1) is 30.0 Å². The normalized spacial score (nSPS) is 19.8. The summed E-state index contributed by atoms with van der Waals surface area (Å²) in [6.07, 6.45) is 4.34. The van der Waals surface area contributed by atoms with Gasteiger partial charge in [-0.3, -0.25) is 0 Å². The highest BCUT2D eigenvalue weighted by molar-refractivity contribution is 7.89. The molecule has 0 radical (unpaired) electrons. The first-order chi connectivity index (χ1) is 13.4. The molecule has 1 fully saturated rings. The predicted molar refractivity (Wildman–Crippen MR) is 96.8 cm³/mol. The lowest BCUT2D eigenvalue weighted by molar-refractivity contribution is 0.0600. The van der Waals surface area contributed by atoms with Crippen LogP contribution in [0.15, 0.2) is 41.6 Å². The number of hydrogen-bond acceptors (Lipinski definition) is 7. The lowest BCUT2D eigenvalue weighted by Gasteiger charge is -2.28. The Morgan fingerprint density at radius 3 is 2.29 bits per heavy atom. The van der Waals surface area contributed by atoms with Gasteiger partial charge in [-0.1, -0.05) is 0 Å². The number of nitrogens with one attached hydrogen (secondary N) is 1. The molecule has 0 spiro atoms. The Morgan fingerprint density at radius 1 is 1.11 bits per heavy atom. The lowest BCUT2D eigenvalue weighted by Crippen LogP contribution is -2.39. The average Bonchev–Trinajstić information content (AvgIpc) is 2.70. The lowest BCUT2D eigenvalue weighted by atomic mass is 9.94. The molecule has 28 heavy (non-hydrogen) atoms. The van der Waals surface area contributed by atoms with E-state index < -0.39 is 21.8 Å². The van der Waals surface area contributed by atoms with Crippen LogP contribution in [0.25, 0.3) is 0 Å². The van der Waals surface area contributed by atoms with Gasteiger partial charge in [-0.05, 0) is 49.9 Å². The number of esters is 1. The molecule has 0 saturated heterocycles. The molecule has 0 atom stereocenters. The molecule has 1 aliphatic rings. The summed E-state index contributed by atoms with van der Waals surface area (Å²) in [5.74, 6) is -1.06. The zero-order chi connectivity index (χ0) is 20.1. The van der Waals surface area contributed by atoms with Crippen LogP contribution in [0.4, 0.5) is 4.39 Å². The van der Waals surface area contributed by atoms with Crippen LogP contribution < -0.4 is 9.46 Å². The van der Waals surface area contributed by atoms with E-state index in [1.54, 1.807) is 0 Å². The number of carbonyl (C=O) groups is 1. The second-order valence-corrected chi connectivity index (χ2v) is 8.13. The number of hydrogen-bond donors (Lipinski definition) is 1. The third kappa shape index (κ3) is 5.02. The first kappa shape index (κ1) is 20.2. The Hall–Kier alpha value is -2.59. The molecule has 10 heteroatoms. The summed E-state index contributed by atoms with van der Waals surface area (Å²) in [5.41, 5.74) is 0.280. The van der Waals surface area contributed by atoms with Crippen LogP contribution in [0, 0.1) is 5.82 Å². The molecule has 3 rings (SSSR count). The molecule has 1 saturated carbocycles. The van der Waals surface area contributed by atoms with Crippen molar-refractivity contribution in [2.45, 2.75) is 42.7 Å². The van der Waals surface area contributed by atoms with E-state index in [2.05, 4.69) is 19.4 Å². The molecule has 1 aliphatic carbocycles. The number of aromatic nitrogens is 2. The molecule has 0 unspecified atom stereocenters. The zero-order valence-electron chi connectivity index (χ0n) is 15.2. The monoisotopic (exact) mass is 409 g/mol. The van der Waals surface area contributed by atoms with E-state index in [0.29, 0.717) is 25.7 Å². The van der Waals surface area contributed by atoms with E-state index in [9.17, 15) is 17.6 Å². The van der Waals surface area contributed by atoms with Crippen molar-refractivity contribution in [3.8, 4) is 6.01 Å². The van der Waals surface area contributed by atoms with Crippen molar-refractivity contribution < 1.29 is 27.1 Å². The first-order valence-electron chi connectivity index (χ1n) is 8.72. The molecule has 2 aromatic rings. The summed E-state index contributed by atoms with van der Waals surface area (Å²) in [6.45, 7) is 0. The van der Waals surface area contributed by atoms with Crippen LogP contribution in [-0.4, -0.2) is 43.6 Å². The van der Waals surface area contributed by atoms with Crippen molar-refractivity contribution in [3.63, 3.8) is 0 Å². The second-order valence-electron chi connectivity index (χ2n) is 6.41. The van der Waals surface area contributed by atoms with Crippen LogP contribution >= 0.6 is 0 Å². The van der Waals surface area contributed by atoms with Crippen LogP contribution in [0.3, 0.4) is 0 Å². The van der Waals surface area contributed by atoms with Crippen molar-refractivity contribution in [3.05, 3.63) is 48.0 Å². The van der Waals surface area contributed by atoms with E-state index in [1.165, 1.54) is 31.4 Å². The van der Waals surface area contributed by atoms with Gasteiger partial charge >= 0.3 is 12.0 Å². The van der Waals surface area contributed by atoms with Gasteiger partial charge in [0.15, 0.2) is 5.82 Å². The number of ether oxygens (including phenoxy) is 2. The minimum atomic E-state index is -3.70. The summed E-state index contributed by atoms with van der Waals surface area (Å²) in [5, 5.41) is 0. The number of nitrogens with zero attached hydrogens (tertiary/aromatic N) is 2. The Balaban J connectivity index is 1.54. The quantitative estimate of drug-likeness (QED) is 0.728. The highest BCUT2D eigenvalue weighted by atomic mass is 32.2. The van der Waals surface area contributed by atoms with Crippen molar-refractivity contribution >= 4 is 16.0 Å². The molecular weight excluding hydrogens is 389 g/mol. The minimum absolute atomic E-state index is 0.0817. The number of benzene rings is 1. The predicted octanol–water partition coefficient (Wildman–Crippen LogP) is 2.07. The van der Waals surface area contributed by atoms with Gasteiger partial charge in [0.25, 0.3) is 0 Å². The summed E-state index contributed by atoms with van der Waals surface area (Å²) in [7, 11) is -2.44. The van der Waals surface area contributed by atoms with Crippen LogP contribution in [-0.2, 0) is 14.8 Å². The molecule has 1 aromatic heterocycles. The maximum atomic E-state index is 12.8. The smallest absolute Gasteiger partial charge is 0.337 e. The fourth-order valence-electron chi connectivity index (χ4n) is 2.98. The van der Waals surface area contributed by atoms with Gasteiger partial charge in [-0.2, -0.15) is 0 Å². The molecule has 1 N–H and O–H groups in total. The fourth-order valence-corrected chi connectivity index (χ4v) is 4.29. The first-order valence-corrected chi connectivity index (χ1v) is 10.2. The van der Waals surface area contributed by atoms with Gasteiger partial charge in [-0.25, -0.2) is 32.3 Å². The van der Waals surface area contributed by atoms with Crippen LogP contribution in [0.5, 0.6) is 6.01 Å². The number of halogens is 1. The van der Waals surface area contributed by atoms with Crippen molar-refractivity contribution in [2.75, 3.05) is 7.11 Å². The van der Waals surface area contributed by atoms with Gasteiger partial charge in [0, 0.05) is 6.04 Å². The van der Waals surface area contributed by atoms with Gasteiger partial charge in [0.2, 0.25) is 10.0 Å². The molecule has 8 nitrogen and oxygen atoms in total. The number of carbonyl (C=O) groups excluding carboxylic acids is 1. The third-order valence-corrected chi connectivity index (χ3v) is 5.99. The van der Waals surface area contributed by atoms with Gasteiger partial charge in [0.1, 0.15) is 6.10 Å². The summed E-state index contributed by atoms with van der Waals surface area (Å²) in [6, 6.07) is 5.45. The number of sulfonamides is 1. The summed E-state index contributed by atoms with van der Waals surface area (Å²) in [4.78, 5) is 19.1. The highest BCUT2D eigenvalue weighted by Gasteiger charge is 2.27. The highest BCUT2D eigenvalue weighted by Crippen LogP contribution is 2.23. The molecular formula is C18H20FN3O5S. The van der Waals surface area contributed by atoms with E-state index >= 15 is 0 Å². The van der Waals surface area contributed by atoms with E-state index in [0.717, 1.165) is 12.4 Å². The SMILES string of the molecule is COC(=O)c1ccc(S(=O)(=O)NC2CCC(Oc3ncc(F)cn3)CC2)cc1. The molecule has 0 aliphatic heterocycles. The number of methoxy groups -OCH3 is 1. The third-order valence-electron chi connectivity index (χ3n) is 4.45. The molecule has 0 bridgehead atoms. The van der Waals surface area contributed by atoms with E-state index in [4.69, 9.17) is 4.74 Å². The number of rotatable bonds is 6. The maximum Gasteiger partial charge on any atom is 0.337 e. The summed E-state index contributed by atoms with van der Waals surface area (Å²) < 4.78 is 50.8. The average molecular weight is 409 g/mol. The Bertz CT molecular complexity index is 911. The van der Waals surface area contributed by atoms with Crippen LogP contribution in [0.1, 0.15) is 36.0 Å². The maximum absolute atomic E-state index is 12.8. The van der Waals surface area contributed by atoms with Crippen molar-refractivity contribution in [1.29, 1.82) is 0 Å². The standard InChI is InChI=1S/C18H20FN3O5S/c1-26-17(23)12-2-8-16(9-3-12)28(24,25)22-14-4-6-15(7-5-14)27-18-20-10-13(19)11-21-18/h2-3,8-11,14-15,22H,4-7H2,1H3. The molecule has 1 heterocycles. The van der Waals surface area contributed by atoms with Crippen molar-refractivity contribution in [1.82, 2.24) is 14.7 Å². The van der Waals surface area contributed by atoms with E-state index in [-0.39, 0.29) is 28.6 Å². The van der Waals surface area contributed by atoms with Gasteiger partial charge in [-0.15, -0.1) is 0 Å². The fraction of sp³-hybridized carbons (Fsp3) is 0.389. The molecule has 0 amide bonds. The summed E-state index contributed by atoms with van der Waals surface area (Å²) >= 11 is 0. The molecule has 150 valence electrons. The largest absolute Gasteiger partial charge is 0.465 e. The van der Waals surface area contributed by atoms with Crippen LogP contribution in [0.2, 0.25) is 0 Å². The minimum Gasteiger partial charge on any atom is -0.465 e. The Kier molecular flexibility index (Phi) is 6.20. The van der Waals surface area contributed by atoms with Crippen molar-refractivity contribution in [2.24, 2.45) is 0 Å². The Labute approximate surface area is 162 Å². The second kappa shape index (κ2) is 8.61. The zero-order valence-corrected chi connectivity index (χ0v) is 16.0. The van der Waals surface area contributed by atoms with Gasteiger partial charge < -0.3 is 9.47 Å².